The van der Waals surface area contributed by atoms with E-state index in [9.17, 15) is 0 Å². The molecular formula is C21H27NO2. The molecule has 1 heterocycles. The minimum absolute atomic E-state index is 0.173. The van der Waals surface area contributed by atoms with Crippen LogP contribution < -0.4 is 15.2 Å². The molecule has 1 aliphatic rings. The van der Waals surface area contributed by atoms with E-state index in [0.29, 0.717) is 25.7 Å². The van der Waals surface area contributed by atoms with Crippen molar-refractivity contribution >= 4 is 0 Å². The number of benzene rings is 2. The summed E-state index contributed by atoms with van der Waals surface area (Å²) < 4.78 is 11.3. The fourth-order valence-corrected chi connectivity index (χ4v) is 3.09. The van der Waals surface area contributed by atoms with E-state index >= 15 is 0 Å². The maximum absolute atomic E-state index is 6.06. The van der Waals surface area contributed by atoms with Crippen molar-refractivity contribution in [1.29, 1.82) is 0 Å². The zero-order chi connectivity index (χ0) is 17.2. The highest BCUT2D eigenvalue weighted by Crippen LogP contribution is 2.33. The van der Waals surface area contributed by atoms with E-state index in [1.807, 2.05) is 6.07 Å². The van der Waals surface area contributed by atoms with Gasteiger partial charge in [0.1, 0.15) is 13.2 Å². The van der Waals surface area contributed by atoms with Crippen molar-refractivity contribution in [2.45, 2.75) is 38.5 Å². The molecule has 3 rings (SSSR count). The van der Waals surface area contributed by atoms with Gasteiger partial charge in [-0.25, -0.2) is 0 Å². The highest BCUT2D eigenvalue weighted by Gasteiger charge is 2.17. The lowest BCUT2D eigenvalue weighted by Crippen LogP contribution is -2.17. The molecule has 1 aliphatic heterocycles. The first-order valence-corrected chi connectivity index (χ1v) is 8.66. The second-order valence-corrected chi connectivity index (χ2v) is 7.49. The molecule has 0 radical (unpaired) electrons. The number of hydrogen-bond donors (Lipinski definition) is 1. The van der Waals surface area contributed by atoms with Crippen molar-refractivity contribution in [3.8, 4) is 11.5 Å². The van der Waals surface area contributed by atoms with Gasteiger partial charge in [0.05, 0.1) is 0 Å². The first-order valence-electron chi connectivity index (χ1n) is 8.66. The minimum atomic E-state index is 0.173. The standard InChI is InChI=1S/C21H27NO2/c1-21(2,3)18-7-5-16(6-8-18)17(14-22)12-15-4-9-19-20(13-15)24-11-10-23-19/h4-9,13,17H,10-12,14,22H2,1-3H3. The fourth-order valence-electron chi connectivity index (χ4n) is 3.09. The van der Waals surface area contributed by atoms with Gasteiger partial charge < -0.3 is 15.2 Å². The van der Waals surface area contributed by atoms with Crippen LogP contribution in [0.2, 0.25) is 0 Å². The molecule has 0 aromatic heterocycles. The predicted molar refractivity (Wildman–Crippen MR) is 98.1 cm³/mol. The summed E-state index contributed by atoms with van der Waals surface area (Å²) in [5.74, 6) is 1.99. The van der Waals surface area contributed by atoms with Crippen LogP contribution in [-0.2, 0) is 11.8 Å². The lowest BCUT2D eigenvalue weighted by atomic mass is 9.84. The number of hydrogen-bond acceptors (Lipinski definition) is 3. The average molecular weight is 325 g/mol. The van der Waals surface area contributed by atoms with E-state index in [0.717, 1.165) is 17.9 Å². The van der Waals surface area contributed by atoms with Crippen LogP contribution >= 0.6 is 0 Å². The van der Waals surface area contributed by atoms with Gasteiger partial charge in [0.25, 0.3) is 0 Å². The van der Waals surface area contributed by atoms with Crippen LogP contribution in [0.4, 0.5) is 0 Å². The highest BCUT2D eigenvalue weighted by atomic mass is 16.6. The molecule has 0 spiro atoms. The molecule has 0 saturated carbocycles. The number of fused-ring (bicyclic) bond motifs is 1. The van der Waals surface area contributed by atoms with Crippen molar-refractivity contribution in [2.75, 3.05) is 19.8 Å². The summed E-state index contributed by atoms with van der Waals surface area (Å²) in [5.41, 5.74) is 10.1. The van der Waals surface area contributed by atoms with E-state index in [1.54, 1.807) is 0 Å². The molecule has 0 amide bonds. The maximum Gasteiger partial charge on any atom is 0.161 e. The smallest absolute Gasteiger partial charge is 0.161 e. The molecule has 24 heavy (non-hydrogen) atoms. The van der Waals surface area contributed by atoms with Crippen molar-refractivity contribution in [1.82, 2.24) is 0 Å². The summed E-state index contributed by atoms with van der Waals surface area (Å²) in [4.78, 5) is 0. The summed E-state index contributed by atoms with van der Waals surface area (Å²) in [6.45, 7) is 8.57. The van der Waals surface area contributed by atoms with Gasteiger partial charge in [-0.05, 0) is 47.2 Å². The molecule has 2 N–H and O–H groups in total. The lowest BCUT2D eigenvalue weighted by molar-refractivity contribution is 0.171. The van der Waals surface area contributed by atoms with Gasteiger partial charge in [0.2, 0.25) is 0 Å². The van der Waals surface area contributed by atoms with Gasteiger partial charge in [0, 0.05) is 5.92 Å². The third kappa shape index (κ3) is 3.73. The Morgan fingerprint density at radius 1 is 0.958 bits per heavy atom. The van der Waals surface area contributed by atoms with E-state index < -0.39 is 0 Å². The van der Waals surface area contributed by atoms with Gasteiger partial charge in [0.15, 0.2) is 11.5 Å². The molecule has 0 aliphatic carbocycles. The molecule has 1 atom stereocenters. The van der Waals surface area contributed by atoms with E-state index in [-0.39, 0.29) is 5.41 Å². The van der Waals surface area contributed by atoms with E-state index in [1.165, 1.54) is 16.7 Å². The molecule has 0 saturated heterocycles. The Hall–Kier alpha value is -2.00. The Balaban J connectivity index is 1.77. The summed E-state index contributed by atoms with van der Waals surface area (Å²) in [6, 6.07) is 15.1. The van der Waals surface area contributed by atoms with Crippen LogP contribution in [-0.4, -0.2) is 19.8 Å². The molecule has 1 unspecified atom stereocenters. The van der Waals surface area contributed by atoms with Crippen LogP contribution in [0.1, 0.15) is 43.4 Å². The molecule has 0 fully saturated rings. The first-order chi connectivity index (χ1) is 11.5. The highest BCUT2D eigenvalue weighted by molar-refractivity contribution is 5.44. The van der Waals surface area contributed by atoms with Gasteiger partial charge in [-0.3, -0.25) is 0 Å². The Bertz CT molecular complexity index is 686. The van der Waals surface area contributed by atoms with Gasteiger partial charge in [-0.1, -0.05) is 51.1 Å². The number of rotatable bonds is 4. The van der Waals surface area contributed by atoms with Crippen LogP contribution in [0.5, 0.6) is 11.5 Å². The summed E-state index contributed by atoms with van der Waals surface area (Å²) in [6.07, 6.45) is 0.905. The lowest BCUT2D eigenvalue weighted by Gasteiger charge is -2.22. The van der Waals surface area contributed by atoms with Crippen molar-refractivity contribution < 1.29 is 9.47 Å². The maximum atomic E-state index is 6.06. The van der Waals surface area contributed by atoms with Gasteiger partial charge in [-0.15, -0.1) is 0 Å². The van der Waals surface area contributed by atoms with Gasteiger partial charge >= 0.3 is 0 Å². The zero-order valence-corrected chi connectivity index (χ0v) is 14.8. The Morgan fingerprint density at radius 2 is 1.62 bits per heavy atom. The molecule has 0 bridgehead atoms. The second kappa shape index (κ2) is 6.86. The molecule has 3 heteroatoms. The second-order valence-electron chi connectivity index (χ2n) is 7.49. The largest absolute Gasteiger partial charge is 0.486 e. The molecule has 3 nitrogen and oxygen atoms in total. The van der Waals surface area contributed by atoms with Crippen LogP contribution in [0, 0.1) is 0 Å². The van der Waals surface area contributed by atoms with Gasteiger partial charge in [-0.2, -0.15) is 0 Å². The third-order valence-electron chi connectivity index (χ3n) is 4.62. The quantitative estimate of drug-likeness (QED) is 0.922. The monoisotopic (exact) mass is 325 g/mol. The zero-order valence-electron chi connectivity index (χ0n) is 14.8. The fraction of sp³-hybridized carbons (Fsp3) is 0.429. The van der Waals surface area contributed by atoms with E-state index in [4.69, 9.17) is 15.2 Å². The van der Waals surface area contributed by atoms with Crippen LogP contribution in [0.3, 0.4) is 0 Å². The topological polar surface area (TPSA) is 44.5 Å². The Labute approximate surface area is 144 Å². The summed E-state index contributed by atoms with van der Waals surface area (Å²) in [7, 11) is 0. The predicted octanol–water partition coefficient (Wildman–Crippen LogP) is 4.04. The van der Waals surface area contributed by atoms with Crippen LogP contribution in [0.25, 0.3) is 0 Å². The number of ether oxygens (including phenoxy) is 2. The molecule has 2 aromatic rings. The third-order valence-corrected chi connectivity index (χ3v) is 4.62. The first kappa shape index (κ1) is 16.8. The normalized spacial score (nSPS) is 15.2. The SMILES string of the molecule is CC(C)(C)c1ccc(C(CN)Cc2ccc3c(c2)OCCO3)cc1. The van der Waals surface area contributed by atoms with Crippen LogP contribution in [0.15, 0.2) is 42.5 Å². The van der Waals surface area contributed by atoms with Crippen molar-refractivity contribution in [3.63, 3.8) is 0 Å². The summed E-state index contributed by atoms with van der Waals surface area (Å²) in [5, 5.41) is 0. The van der Waals surface area contributed by atoms with Crippen molar-refractivity contribution in [3.05, 3.63) is 59.2 Å². The molecule has 2 aromatic carbocycles. The number of nitrogens with two attached hydrogens (primary N) is 1. The Kier molecular flexibility index (Phi) is 4.81. The van der Waals surface area contributed by atoms with Crippen molar-refractivity contribution in [2.24, 2.45) is 5.73 Å². The molecular weight excluding hydrogens is 298 g/mol. The Morgan fingerprint density at radius 3 is 2.25 bits per heavy atom. The molecule has 128 valence electrons. The average Bonchev–Trinajstić information content (AvgIpc) is 2.59. The van der Waals surface area contributed by atoms with E-state index in [2.05, 4.69) is 57.2 Å². The minimum Gasteiger partial charge on any atom is -0.486 e. The summed E-state index contributed by atoms with van der Waals surface area (Å²) >= 11 is 0.